The van der Waals surface area contributed by atoms with Gasteiger partial charge in [-0.1, -0.05) is 33.1 Å². The Morgan fingerprint density at radius 1 is 1.23 bits per heavy atom. The van der Waals surface area contributed by atoms with E-state index in [1.165, 1.54) is 25.7 Å². The van der Waals surface area contributed by atoms with E-state index < -0.39 is 0 Å². The van der Waals surface area contributed by atoms with E-state index in [1.54, 1.807) is 0 Å². The van der Waals surface area contributed by atoms with Crippen molar-refractivity contribution in [2.24, 2.45) is 5.73 Å². The van der Waals surface area contributed by atoms with Gasteiger partial charge >= 0.3 is 0 Å². The molecule has 0 aromatic rings. The van der Waals surface area contributed by atoms with Gasteiger partial charge in [0.15, 0.2) is 0 Å². The number of unbranched alkanes of at least 4 members (excludes halogenated alkanes) is 2. The molecule has 0 saturated heterocycles. The Morgan fingerprint density at radius 2 is 1.85 bits per heavy atom. The summed E-state index contributed by atoms with van der Waals surface area (Å²) in [6.45, 7) is 8.55. The zero-order valence-corrected chi connectivity index (χ0v) is 9.77. The van der Waals surface area contributed by atoms with Crippen molar-refractivity contribution in [3.8, 4) is 0 Å². The third-order valence-corrected chi connectivity index (χ3v) is 3.15. The lowest BCUT2D eigenvalue weighted by Gasteiger charge is -2.37. The fourth-order valence-electron chi connectivity index (χ4n) is 1.59. The molecule has 0 aliphatic heterocycles. The van der Waals surface area contributed by atoms with Gasteiger partial charge in [-0.15, -0.1) is 0 Å². The monoisotopic (exact) mass is 186 g/mol. The third kappa shape index (κ3) is 4.10. The third-order valence-electron chi connectivity index (χ3n) is 3.15. The molecule has 80 valence electrons. The number of nitrogens with two attached hydrogens (primary N) is 1. The van der Waals surface area contributed by atoms with Crippen LogP contribution in [0.4, 0.5) is 0 Å². The second-order valence-electron chi connectivity index (χ2n) is 4.17. The van der Waals surface area contributed by atoms with Crippen LogP contribution in [-0.2, 0) is 0 Å². The Hall–Kier alpha value is -0.0800. The van der Waals surface area contributed by atoms with Crippen molar-refractivity contribution in [2.75, 3.05) is 20.1 Å². The van der Waals surface area contributed by atoms with Gasteiger partial charge in [0, 0.05) is 12.1 Å². The molecule has 1 unspecified atom stereocenters. The van der Waals surface area contributed by atoms with Crippen molar-refractivity contribution in [1.29, 1.82) is 0 Å². The van der Waals surface area contributed by atoms with Crippen molar-refractivity contribution < 1.29 is 0 Å². The lowest BCUT2D eigenvalue weighted by Crippen LogP contribution is -2.49. The molecule has 0 spiro atoms. The first-order chi connectivity index (χ1) is 6.10. The Balaban J connectivity index is 3.95. The van der Waals surface area contributed by atoms with Crippen LogP contribution in [0, 0.1) is 0 Å². The fourth-order valence-corrected chi connectivity index (χ4v) is 1.59. The Kier molecular flexibility index (Phi) is 6.35. The first kappa shape index (κ1) is 12.9. The number of nitrogens with zero attached hydrogens (tertiary/aromatic N) is 1. The fraction of sp³-hybridized carbons (Fsp3) is 1.00. The molecule has 0 rings (SSSR count). The zero-order valence-electron chi connectivity index (χ0n) is 9.77. The summed E-state index contributed by atoms with van der Waals surface area (Å²) >= 11 is 0. The molecule has 0 fully saturated rings. The van der Waals surface area contributed by atoms with Crippen molar-refractivity contribution in [3.05, 3.63) is 0 Å². The molecule has 0 aliphatic rings. The molecule has 0 aromatic carbocycles. The van der Waals surface area contributed by atoms with Gasteiger partial charge in [-0.2, -0.15) is 0 Å². The van der Waals surface area contributed by atoms with Gasteiger partial charge in [-0.05, 0) is 26.9 Å². The summed E-state index contributed by atoms with van der Waals surface area (Å²) < 4.78 is 0. The summed E-state index contributed by atoms with van der Waals surface area (Å²) in [6.07, 6.45) is 5.14. The van der Waals surface area contributed by atoms with Gasteiger partial charge < -0.3 is 5.73 Å². The van der Waals surface area contributed by atoms with Gasteiger partial charge in [0.25, 0.3) is 0 Å². The van der Waals surface area contributed by atoms with Crippen LogP contribution in [-0.4, -0.2) is 30.6 Å². The minimum atomic E-state index is 0.212. The Morgan fingerprint density at radius 3 is 2.23 bits per heavy atom. The van der Waals surface area contributed by atoms with Gasteiger partial charge in [0.2, 0.25) is 0 Å². The predicted molar refractivity (Wildman–Crippen MR) is 59.9 cm³/mol. The van der Waals surface area contributed by atoms with Crippen LogP contribution < -0.4 is 5.73 Å². The predicted octanol–water partition coefficient (Wildman–Crippen LogP) is 2.24. The minimum Gasteiger partial charge on any atom is -0.329 e. The molecule has 2 heteroatoms. The van der Waals surface area contributed by atoms with Crippen LogP contribution in [0.1, 0.15) is 46.5 Å². The van der Waals surface area contributed by atoms with Crippen LogP contribution >= 0.6 is 0 Å². The number of likely N-dealkylation sites (N-methyl/N-ethyl adjacent to an activating group) is 1. The van der Waals surface area contributed by atoms with Crippen molar-refractivity contribution in [3.63, 3.8) is 0 Å². The van der Waals surface area contributed by atoms with E-state index >= 15 is 0 Å². The zero-order chi connectivity index (χ0) is 10.3. The molecule has 0 bridgehead atoms. The van der Waals surface area contributed by atoms with Crippen LogP contribution in [0.2, 0.25) is 0 Å². The maximum Gasteiger partial charge on any atom is 0.0300 e. The summed E-state index contributed by atoms with van der Waals surface area (Å²) in [7, 11) is 2.17. The molecule has 0 saturated carbocycles. The SMILES string of the molecule is CCCCCC(C)(CN)N(C)CC. The molecule has 0 amide bonds. The summed E-state index contributed by atoms with van der Waals surface area (Å²) in [5.41, 5.74) is 6.04. The quantitative estimate of drug-likeness (QED) is 0.618. The maximum absolute atomic E-state index is 5.82. The topological polar surface area (TPSA) is 29.3 Å². The molecular formula is C11H26N2. The molecule has 0 aliphatic carbocycles. The minimum absolute atomic E-state index is 0.212. The Bertz CT molecular complexity index is 125. The van der Waals surface area contributed by atoms with Crippen molar-refractivity contribution in [2.45, 2.75) is 52.0 Å². The molecule has 0 heterocycles. The number of rotatable bonds is 7. The molecule has 2 N–H and O–H groups in total. The second-order valence-corrected chi connectivity index (χ2v) is 4.17. The van der Waals surface area contributed by atoms with E-state index in [-0.39, 0.29) is 5.54 Å². The highest BCUT2D eigenvalue weighted by atomic mass is 15.2. The summed E-state index contributed by atoms with van der Waals surface area (Å²) in [6, 6.07) is 0. The van der Waals surface area contributed by atoms with Gasteiger partial charge in [-0.25, -0.2) is 0 Å². The molecule has 0 aromatic heterocycles. The van der Waals surface area contributed by atoms with Gasteiger partial charge in [0.05, 0.1) is 0 Å². The van der Waals surface area contributed by atoms with Crippen molar-refractivity contribution in [1.82, 2.24) is 4.90 Å². The van der Waals surface area contributed by atoms with E-state index in [4.69, 9.17) is 5.73 Å². The molecule has 13 heavy (non-hydrogen) atoms. The number of hydrogen-bond acceptors (Lipinski definition) is 2. The van der Waals surface area contributed by atoms with Crippen LogP contribution in [0.5, 0.6) is 0 Å². The molecular weight excluding hydrogens is 160 g/mol. The number of hydrogen-bond donors (Lipinski definition) is 1. The lowest BCUT2D eigenvalue weighted by atomic mass is 9.93. The van der Waals surface area contributed by atoms with Crippen molar-refractivity contribution >= 4 is 0 Å². The summed E-state index contributed by atoms with van der Waals surface area (Å²) in [5, 5.41) is 0. The summed E-state index contributed by atoms with van der Waals surface area (Å²) in [5.74, 6) is 0. The largest absolute Gasteiger partial charge is 0.329 e. The average Bonchev–Trinajstić information content (AvgIpc) is 2.16. The second kappa shape index (κ2) is 6.39. The van der Waals surface area contributed by atoms with Crippen LogP contribution in [0.3, 0.4) is 0 Å². The van der Waals surface area contributed by atoms with Gasteiger partial charge in [-0.3, -0.25) is 4.90 Å². The van der Waals surface area contributed by atoms with E-state index in [1.807, 2.05) is 0 Å². The van der Waals surface area contributed by atoms with Crippen LogP contribution in [0.25, 0.3) is 0 Å². The highest BCUT2D eigenvalue weighted by molar-refractivity contribution is 4.84. The standard InChI is InChI=1S/C11H26N2/c1-5-7-8-9-11(3,10-12)13(4)6-2/h5-10,12H2,1-4H3. The van der Waals surface area contributed by atoms with E-state index in [0.717, 1.165) is 13.1 Å². The smallest absolute Gasteiger partial charge is 0.0300 e. The highest BCUT2D eigenvalue weighted by Crippen LogP contribution is 2.19. The molecule has 1 atom stereocenters. The van der Waals surface area contributed by atoms with E-state index in [2.05, 4.69) is 32.7 Å². The maximum atomic E-state index is 5.82. The molecule has 2 nitrogen and oxygen atoms in total. The normalized spacial score (nSPS) is 16.2. The van der Waals surface area contributed by atoms with Gasteiger partial charge in [0.1, 0.15) is 0 Å². The summed E-state index contributed by atoms with van der Waals surface area (Å²) in [4.78, 5) is 2.36. The lowest BCUT2D eigenvalue weighted by molar-refractivity contribution is 0.138. The first-order valence-electron chi connectivity index (χ1n) is 5.52. The highest BCUT2D eigenvalue weighted by Gasteiger charge is 2.25. The van der Waals surface area contributed by atoms with E-state index in [9.17, 15) is 0 Å². The average molecular weight is 186 g/mol. The van der Waals surface area contributed by atoms with Crippen LogP contribution in [0.15, 0.2) is 0 Å². The molecule has 0 radical (unpaired) electrons. The first-order valence-corrected chi connectivity index (χ1v) is 5.52. The Labute approximate surface area is 83.5 Å². The van der Waals surface area contributed by atoms with E-state index in [0.29, 0.717) is 0 Å².